The third-order valence-electron chi connectivity index (χ3n) is 5.66. The van der Waals surface area contributed by atoms with Crippen LogP contribution in [-0.4, -0.2) is 53.0 Å². The minimum atomic E-state index is -0.528. The lowest BCUT2D eigenvalue weighted by Gasteiger charge is -2.30. The van der Waals surface area contributed by atoms with E-state index in [-0.39, 0.29) is 27.7 Å². The van der Waals surface area contributed by atoms with E-state index < -0.39 is 11.7 Å². The third-order valence-corrected chi connectivity index (χ3v) is 6.57. The molecule has 0 bridgehead atoms. The number of likely N-dealkylation sites (tertiary alicyclic amines) is 1. The molecule has 35 heavy (non-hydrogen) atoms. The lowest BCUT2D eigenvalue weighted by molar-refractivity contribution is -0.126. The first kappa shape index (κ1) is 24.3. The summed E-state index contributed by atoms with van der Waals surface area (Å²) in [4.78, 5) is 39.4. The van der Waals surface area contributed by atoms with Crippen LogP contribution in [0.1, 0.15) is 38.0 Å². The van der Waals surface area contributed by atoms with Crippen LogP contribution in [0.15, 0.2) is 48.5 Å². The van der Waals surface area contributed by atoms with Crippen LogP contribution in [0.3, 0.4) is 0 Å². The van der Waals surface area contributed by atoms with Crippen molar-refractivity contribution in [3.8, 4) is 5.75 Å². The molecule has 0 spiro atoms. The Morgan fingerprint density at radius 3 is 2.51 bits per heavy atom. The van der Waals surface area contributed by atoms with E-state index in [2.05, 4.69) is 20.8 Å². The number of nitrogens with zero attached hydrogens (tertiary/aromatic N) is 3. The van der Waals surface area contributed by atoms with E-state index in [0.29, 0.717) is 38.2 Å². The summed E-state index contributed by atoms with van der Waals surface area (Å²) in [6.07, 6.45) is 1.07. The fourth-order valence-electron chi connectivity index (χ4n) is 3.72. The molecule has 0 atom stereocenters. The number of anilines is 1. The first-order valence-electron chi connectivity index (χ1n) is 11.0. The Labute approximate surface area is 205 Å². The number of carbonyl (C=O) groups excluding carboxylic acids is 3. The zero-order valence-corrected chi connectivity index (χ0v) is 19.8. The van der Waals surface area contributed by atoms with Gasteiger partial charge in [0.1, 0.15) is 11.6 Å². The van der Waals surface area contributed by atoms with Crippen LogP contribution in [0.4, 0.5) is 10.1 Å². The van der Waals surface area contributed by atoms with Crippen molar-refractivity contribution in [3.63, 3.8) is 0 Å². The Morgan fingerprint density at radius 1 is 1.09 bits per heavy atom. The molecule has 2 heterocycles. The second-order valence-corrected chi connectivity index (χ2v) is 8.99. The molecule has 0 aliphatic carbocycles. The van der Waals surface area contributed by atoms with Gasteiger partial charge in [0.2, 0.25) is 15.9 Å². The van der Waals surface area contributed by atoms with E-state index in [0.717, 1.165) is 22.6 Å². The summed E-state index contributed by atoms with van der Waals surface area (Å²) >= 11 is 0.892. The molecule has 0 saturated carbocycles. The van der Waals surface area contributed by atoms with Crippen LogP contribution in [-0.2, 0) is 11.3 Å². The molecule has 1 saturated heterocycles. The number of carbonyl (C=O) groups is 3. The number of benzene rings is 2. The quantitative estimate of drug-likeness (QED) is 0.519. The maximum Gasteiger partial charge on any atom is 0.286 e. The van der Waals surface area contributed by atoms with E-state index in [9.17, 15) is 18.8 Å². The number of amides is 3. The molecule has 3 amide bonds. The monoisotopic (exact) mass is 497 g/mol. The number of piperidine rings is 1. The fraction of sp³-hybridized carbons (Fsp3) is 0.292. The Bertz CT molecular complexity index is 1210. The normalized spacial score (nSPS) is 13.8. The highest BCUT2D eigenvalue weighted by Crippen LogP contribution is 2.22. The van der Waals surface area contributed by atoms with E-state index in [1.54, 1.807) is 12.0 Å². The molecular weight excluding hydrogens is 473 g/mol. The Morgan fingerprint density at radius 2 is 1.80 bits per heavy atom. The topological polar surface area (TPSA) is 114 Å². The van der Waals surface area contributed by atoms with Crippen molar-refractivity contribution in [1.82, 2.24) is 20.4 Å². The van der Waals surface area contributed by atoms with Gasteiger partial charge in [0.05, 0.1) is 7.11 Å². The number of methoxy groups -OCH3 is 1. The third kappa shape index (κ3) is 6.18. The maximum absolute atomic E-state index is 13.0. The Kier molecular flexibility index (Phi) is 7.66. The summed E-state index contributed by atoms with van der Waals surface area (Å²) < 4.78 is 18.2. The summed E-state index contributed by atoms with van der Waals surface area (Å²) in [7, 11) is 1.60. The molecule has 4 rings (SSSR count). The SMILES string of the molecule is COc1cccc(CNC(=O)C2CCN(C(=O)c3nnc(C(=O)Nc4ccc(F)cc4)s3)CC2)c1. The number of hydrogen-bond donors (Lipinski definition) is 2. The van der Waals surface area contributed by atoms with Crippen LogP contribution in [0.2, 0.25) is 0 Å². The minimum Gasteiger partial charge on any atom is -0.497 e. The standard InChI is InChI=1S/C24H24FN5O4S/c1-34-19-4-2-3-15(13-19)14-26-20(31)16-9-11-30(12-10-16)24(33)23-29-28-22(35-23)21(32)27-18-7-5-17(25)6-8-18/h2-8,13,16H,9-12,14H2,1H3,(H,26,31)(H,27,32). The van der Waals surface area contributed by atoms with Crippen molar-refractivity contribution in [2.45, 2.75) is 19.4 Å². The smallest absolute Gasteiger partial charge is 0.286 e. The van der Waals surface area contributed by atoms with Gasteiger partial charge in [-0.15, -0.1) is 10.2 Å². The van der Waals surface area contributed by atoms with Crippen molar-refractivity contribution in [1.29, 1.82) is 0 Å². The lowest BCUT2D eigenvalue weighted by Crippen LogP contribution is -2.42. The highest BCUT2D eigenvalue weighted by atomic mass is 32.1. The zero-order chi connectivity index (χ0) is 24.8. The highest BCUT2D eigenvalue weighted by molar-refractivity contribution is 7.15. The molecular formula is C24H24FN5O4S. The molecule has 1 aliphatic heterocycles. The molecule has 182 valence electrons. The molecule has 11 heteroatoms. The van der Waals surface area contributed by atoms with Crippen molar-refractivity contribution < 1.29 is 23.5 Å². The average Bonchev–Trinajstić information content (AvgIpc) is 3.39. The molecule has 9 nitrogen and oxygen atoms in total. The van der Waals surface area contributed by atoms with Gasteiger partial charge in [-0.2, -0.15) is 0 Å². The largest absolute Gasteiger partial charge is 0.497 e. The summed E-state index contributed by atoms with van der Waals surface area (Å²) in [5.74, 6) is -0.758. The van der Waals surface area contributed by atoms with Gasteiger partial charge in [-0.1, -0.05) is 23.5 Å². The second kappa shape index (κ2) is 11.0. The summed E-state index contributed by atoms with van der Waals surface area (Å²) in [5, 5.41) is 13.4. The van der Waals surface area contributed by atoms with Crippen molar-refractivity contribution in [3.05, 3.63) is 69.9 Å². The van der Waals surface area contributed by atoms with E-state index in [4.69, 9.17) is 4.74 Å². The maximum atomic E-state index is 13.0. The number of hydrogen-bond acceptors (Lipinski definition) is 7. The van der Waals surface area contributed by atoms with Gasteiger partial charge in [-0.25, -0.2) is 4.39 Å². The summed E-state index contributed by atoms with van der Waals surface area (Å²) in [6.45, 7) is 1.22. The first-order chi connectivity index (χ1) is 16.9. The van der Waals surface area contributed by atoms with Gasteiger partial charge in [0, 0.05) is 31.2 Å². The molecule has 1 aliphatic rings. The number of ether oxygens (including phenoxy) is 1. The van der Waals surface area contributed by atoms with Crippen LogP contribution < -0.4 is 15.4 Å². The Balaban J connectivity index is 1.26. The fourth-order valence-corrected chi connectivity index (χ4v) is 4.42. The predicted octanol–water partition coefficient (Wildman–Crippen LogP) is 3.11. The average molecular weight is 498 g/mol. The van der Waals surface area contributed by atoms with Gasteiger partial charge in [0.15, 0.2) is 0 Å². The van der Waals surface area contributed by atoms with Gasteiger partial charge in [0.25, 0.3) is 11.8 Å². The van der Waals surface area contributed by atoms with Crippen molar-refractivity contribution >= 4 is 34.7 Å². The highest BCUT2D eigenvalue weighted by Gasteiger charge is 2.29. The van der Waals surface area contributed by atoms with Gasteiger partial charge < -0.3 is 20.3 Å². The Hall–Kier alpha value is -3.86. The predicted molar refractivity (Wildman–Crippen MR) is 128 cm³/mol. The number of aromatic nitrogens is 2. The van der Waals surface area contributed by atoms with Crippen LogP contribution >= 0.6 is 11.3 Å². The number of halogens is 1. The van der Waals surface area contributed by atoms with Crippen molar-refractivity contribution in [2.24, 2.45) is 5.92 Å². The molecule has 0 unspecified atom stereocenters. The summed E-state index contributed by atoms with van der Waals surface area (Å²) in [5.41, 5.74) is 1.35. The molecule has 0 radical (unpaired) electrons. The lowest BCUT2D eigenvalue weighted by atomic mass is 9.95. The molecule has 1 aromatic heterocycles. The molecule has 1 fully saturated rings. The summed E-state index contributed by atoms with van der Waals surface area (Å²) in [6, 6.07) is 12.8. The molecule has 2 aromatic carbocycles. The van der Waals surface area contributed by atoms with E-state index in [1.165, 1.54) is 24.3 Å². The second-order valence-electron chi connectivity index (χ2n) is 8.01. The van der Waals surface area contributed by atoms with E-state index in [1.807, 2.05) is 24.3 Å². The van der Waals surface area contributed by atoms with Crippen LogP contribution in [0.5, 0.6) is 5.75 Å². The minimum absolute atomic E-state index is 0.0319. The van der Waals surface area contributed by atoms with Crippen LogP contribution in [0.25, 0.3) is 0 Å². The number of rotatable bonds is 7. The zero-order valence-electron chi connectivity index (χ0n) is 19.0. The van der Waals surface area contributed by atoms with Crippen LogP contribution in [0, 0.1) is 11.7 Å². The number of nitrogens with one attached hydrogen (secondary N) is 2. The molecule has 3 aromatic rings. The first-order valence-corrected chi connectivity index (χ1v) is 11.8. The van der Waals surface area contributed by atoms with Gasteiger partial charge in [-0.05, 0) is 54.8 Å². The van der Waals surface area contributed by atoms with Gasteiger partial charge in [-0.3, -0.25) is 14.4 Å². The van der Waals surface area contributed by atoms with Crippen molar-refractivity contribution in [2.75, 3.05) is 25.5 Å². The van der Waals surface area contributed by atoms with Gasteiger partial charge >= 0.3 is 0 Å². The molecule has 2 N–H and O–H groups in total. The van der Waals surface area contributed by atoms with E-state index >= 15 is 0 Å².